The van der Waals surface area contributed by atoms with Crippen LogP contribution < -0.4 is 4.90 Å². The molecule has 0 spiro atoms. The van der Waals surface area contributed by atoms with Gasteiger partial charge in [-0.1, -0.05) is 47.7 Å². The van der Waals surface area contributed by atoms with Crippen LogP contribution in [0.1, 0.15) is 36.4 Å². The predicted octanol–water partition coefficient (Wildman–Crippen LogP) is 5.08. The van der Waals surface area contributed by atoms with E-state index in [-0.39, 0.29) is 18.3 Å². The Morgan fingerprint density at radius 3 is 2.30 bits per heavy atom. The van der Waals surface area contributed by atoms with Crippen molar-refractivity contribution in [2.24, 2.45) is 21.4 Å². The van der Waals surface area contributed by atoms with E-state index in [0.717, 1.165) is 46.6 Å². The number of amides is 3. The fourth-order valence-corrected chi connectivity index (χ4v) is 6.36. The summed E-state index contributed by atoms with van der Waals surface area (Å²) in [6.45, 7) is -0.329. The van der Waals surface area contributed by atoms with E-state index in [4.69, 9.17) is 5.10 Å². The fraction of sp³-hybridized carbons (Fsp3) is 0.250. The molecule has 1 aliphatic carbocycles. The molecule has 11 heteroatoms. The number of hydrazone groups is 1. The van der Waals surface area contributed by atoms with Crippen LogP contribution >= 0.6 is 0 Å². The third kappa shape index (κ3) is 4.70. The molecule has 3 aromatic rings. The molecule has 0 bridgehead atoms. The molecule has 2 fully saturated rings. The predicted molar refractivity (Wildman–Crippen MR) is 153 cm³/mol. The number of imide groups is 1. The number of carbonyl (C=O) groups excluding carboxylic acids is 3. The molecule has 3 amide bonds. The second-order valence-corrected chi connectivity index (χ2v) is 11.0. The Labute approximate surface area is 245 Å². The Morgan fingerprint density at radius 1 is 0.884 bits per heavy atom. The number of anilines is 1. The first-order chi connectivity index (χ1) is 20.9. The molecule has 3 heterocycles. The van der Waals surface area contributed by atoms with Crippen molar-refractivity contribution in [2.75, 3.05) is 11.4 Å². The maximum atomic E-state index is 14.0. The van der Waals surface area contributed by atoms with Gasteiger partial charge in [0.15, 0.2) is 12.1 Å². The molecule has 0 unspecified atom stereocenters. The summed E-state index contributed by atoms with van der Waals surface area (Å²) in [7, 11) is 0. The molecule has 7 rings (SSSR count). The Bertz CT molecular complexity index is 1690. The Hall–Kier alpha value is -5.06. The molecule has 1 saturated carbocycles. The third-order valence-electron chi connectivity index (χ3n) is 8.35. The summed E-state index contributed by atoms with van der Waals surface area (Å²) in [5.74, 6) is -2.29. The van der Waals surface area contributed by atoms with Gasteiger partial charge in [0, 0.05) is 5.92 Å². The highest BCUT2D eigenvalue weighted by atomic mass is 19.1. The van der Waals surface area contributed by atoms with E-state index < -0.39 is 41.7 Å². The number of halogens is 2. The number of allylic oxidation sites excluding steroid dienone is 1. The van der Waals surface area contributed by atoms with E-state index in [0.29, 0.717) is 5.69 Å². The maximum Gasteiger partial charge on any atom is 0.264 e. The van der Waals surface area contributed by atoms with Crippen molar-refractivity contribution in [1.29, 1.82) is 0 Å². The van der Waals surface area contributed by atoms with Gasteiger partial charge in [0.25, 0.3) is 17.7 Å². The van der Waals surface area contributed by atoms with Crippen molar-refractivity contribution in [3.05, 3.63) is 107 Å². The monoisotopic (exact) mass is 580 g/mol. The molecule has 0 radical (unpaired) electrons. The highest BCUT2D eigenvalue weighted by Crippen LogP contribution is 2.45. The lowest BCUT2D eigenvalue weighted by molar-refractivity contribution is -0.136. The van der Waals surface area contributed by atoms with Crippen LogP contribution in [-0.4, -0.2) is 52.1 Å². The highest BCUT2D eigenvalue weighted by molar-refractivity contribution is 6.25. The average Bonchev–Trinajstić information content (AvgIpc) is 3.68. The SMILES string of the molecule is O=C1[C@H]2N=NN(CC(=O)N3N=C4/C(=C/c5ccc(F)cc5)CCC[C@H]4[C@H]3c3ccc(F)cc3)[C@H]2C(=O)N1c1ccccc1. The topological polar surface area (TPSA) is 98.0 Å². The van der Waals surface area contributed by atoms with Gasteiger partial charge in [-0.05, 0) is 78.4 Å². The van der Waals surface area contributed by atoms with Gasteiger partial charge in [-0.2, -0.15) is 10.2 Å². The van der Waals surface area contributed by atoms with Gasteiger partial charge in [0.2, 0.25) is 0 Å². The van der Waals surface area contributed by atoms with Gasteiger partial charge in [-0.25, -0.2) is 18.7 Å². The van der Waals surface area contributed by atoms with Crippen LogP contribution in [0.25, 0.3) is 6.08 Å². The van der Waals surface area contributed by atoms with Crippen molar-refractivity contribution in [3.8, 4) is 0 Å². The molecular weight excluding hydrogens is 554 g/mol. The molecule has 4 atom stereocenters. The molecule has 3 aromatic carbocycles. The number of hydrogen-bond acceptors (Lipinski definition) is 7. The van der Waals surface area contributed by atoms with Gasteiger partial charge in [-0.3, -0.25) is 19.4 Å². The largest absolute Gasteiger partial charge is 0.271 e. The summed E-state index contributed by atoms with van der Waals surface area (Å²) in [5, 5.41) is 15.6. The van der Waals surface area contributed by atoms with Gasteiger partial charge < -0.3 is 0 Å². The number of rotatable bonds is 5. The van der Waals surface area contributed by atoms with E-state index >= 15 is 0 Å². The molecule has 0 N–H and O–H groups in total. The summed E-state index contributed by atoms with van der Waals surface area (Å²) in [6.07, 6.45) is 4.31. The summed E-state index contributed by atoms with van der Waals surface area (Å²) in [4.78, 5) is 41.5. The zero-order chi connectivity index (χ0) is 29.7. The molecule has 1 saturated heterocycles. The van der Waals surface area contributed by atoms with Crippen molar-refractivity contribution in [3.63, 3.8) is 0 Å². The van der Waals surface area contributed by atoms with Gasteiger partial charge in [-0.15, -0.1) is 0 Å². The molecule has 4 aliphatic rings. The maximum absolute atomic E-state index is 14.0. The summed E-state index contributed by atoms with van der Waals surface area (Å²) >= 11 is 0. The Morgan fingerprint density at radius 2 is 1.58 bits per heavy atom. The van der Waals surface area contributed by atoms with Gasteiger partial charge in [0.1, 0.15) is 18.2 Å². The minimum atomic E-state index is -1.04. The zero-order valence-electron chi connectivity index (χ0n) is 22.9. The van der Waals surface area contributed by atoms with Crippen LogP contribution in [0, 0.1) is 17.6 Å². The first-order valence-corrected chi connectivity index (χ1v) is 14.1. The van der Waals surface area contributed by atoms with Crippen LogP contribution in [0.5, 0.6) is 0 Å². The van der Waals surface area contributed by atoms with E-state index in [1.807, 2.05) is 6.08 Å². The lowest BCUT2D eigenvalue weighted by atomic mass is 9.77. The van der Waals surface area contributed by atoms with Gasteiger partial charge in [0.05, 0.1) is 17.4 Å². The number of carbonyl (C=O) groups is 3. The first kappa shape index (κ1) is 26.8. The van der Waals surface area contributed by atoms with Crippen LogP contribution in [-0.2, 0) is 14.4 Å². The minimum absolute atomic E-state index is 0.147. The quantitative estimate of drug-likeness (QED) is 0.393. The van der Waals surface area contributed by atoms with Gasteiger partial charge >= 0.3 is 0 Å². The molecule has 3 aliphatic heterocycles. The van der Waals surface area contributed by atoms with Crippen molar-refractivity contribution < 1.29 is 23.2 Å². The van der Waals surface area contributed by atoms with E-state index in [9.17, 15) is 23.2 Å². The van der Waals surface area contributed by atoms with Crippen molar-refractivity contribution in [1.82, 2.24) is 10.0 Å². The second-order valence-electron chi connectivity index (χ2n) is 11.0. The number of hydrogen-bond donors (Lipinski definition) is 0. The first-order valence-electron chi connectivity index (χ1n) is 14.1. The standard InChI is InChI=1S/C32H26F2N6O3/c33-22-13-9-19(10-14-22)17-21-5-4-8-25-27(21)36-40(29(25)20-11-15-23(34)16-12-20)26(41)18-38-30-28(35-37-38)31(42)39(32(30)43)24-6-2-1-3-7-24/h1-3,6-7,9-17,25,28-30H,4-5,8,18H2/b21-17+/t25-,28+,29-,30-/m1/s1. The van der Waals surface area contributed by atoms with Crippen molar-refractivity contribution in [2.45, 2.75) is 37.4 Å². The minimum Gasteiger partial charge on any atom is -0.271 e. The molecule has 0 aromatic heterocycles. The van der Waals surface area contributed by atoms with Crippen LogP contribution in [0.2, 0.25) is 0 Å². The zero-order valence-corrected chi connectivity index (χ0v) is 22.9. The molecule has 43 heavy (non-hydrogen) atoms. The normalized spacial score (nSPS) is 25.4. The van der Waals surface area contributed by atoms with Crippen LogP contribution in [0.3, 0.4) is 0 Å². The second kappa shape index (κ2) is 10.6. The fourth-order valence-electron chi connectivity index (χ4n) is 6.36. The lowest BCUT2D eigenvalue weighted by Crippen LogP contribution is -2.45. The average molecular weight is 581 g/mol. The van der Waals surface area contributed by atoms with Crippen LogP contribution in [0.15, 0.2) is 99.9 Å². The van der Waals surface area contributed by atoms with E-state index in [1.165, 1.54) is 34.3 Å². The van der Waals surface area contributed by atoms with E-state index in [1.54, 1.807) is 54.6 Å². The Balaban J connectivity index is 1.19. The van der Waals surface area contributed by atoms with Crippen LogP contribution in [0.4, 0.5) is 14.5 Å². The molecule has 9 nitrogen and oxygen atoms in total. The summed E-state index contributed by atoms with van der Waals surface area (Å²) in [5.41, 5.74) is 3.67. The third-order valence-corrected chi connectivity index (χ3v) is 8.35. The molecular formula is C32H26F2N6O3. The summed E-state index contributed by atoms with van der Waals surface area (Å²) in [6, 6.07) is 18.2. The number of nitrogens with zero attached hydrogens (tertiary/aromatic N) is 6. The smallest absolute Gasteiger partial charge is 0.264 e. The summed E-state index contributed by atoms with van der Waals surface area (Å²) < 4.78 is 27.4. The number of fused-ring (bicyclic) bond motifs is 2. The number of benzene rings is 3. The van der Waals surface area contributed by atoms with E-state index in [2.05, 4.69) is 10.3 Å². The van der Waals surface area contributed by atoms with Crippen molar-refractivity contribution >= 4 is 35.2 Å². The number of para-hydroxylation sites is 1. The Kier molecular flexibility index (Phi) is 6.64. The highest BCUT2D eigenvalue weighted by Gasteiger charge is 2.55. The lowest BCUT2D eigenvalue weighted by Gasteiger charge is -2.30. The molecule has 216 valence electrons.